The summed E-state index contributed by atoms with van der Waals surface area (Å²) in [6.45, 7) is 13.8. The molecule has 0 radical (unpaired) electrons. The summed E-state index contributed by atoms with van der Waals surface area (Å²) in [5, 5.41) is 0. The van der Waals surface area contributed by atoms with Gasteiger partial charge in [0.15, 0.2) is 5.78 Å². The van der Waals surface area contributed by atoms with Crippen LogP contribution in [0.3, 0.4) is 0 Å². The summed E-state index contributed by atoms with van der Waals surface area (Å²) in [5.41, 5.74) is 7.00. The number of hydrogen-bond acceptors (Lipinski definition) is 1. The summed E-state index contributed by atoms with van der Waals surface area (Å²) < 4.78 is 0. The van der Waals surface area contributed by atoms with Crippen LogP contribution in [0.1, 0.15) is 54.7 Å². The second-order valence-corrected chi connectivity index (χ2v) is 6.13. The maximum absolute atomic E-state index is 10.8. The second-order valence-electron chi connectivity index (χ2n) is 6.13. The van der Waals surface area contributed by atoms with Crippen molar-refractivity contribution in [1.82, 2.24) is 0 Å². The molecule has 0 saturated carbocycles. The summed E-state index contributed by atoms with van der Waals surface area (Å²) in [6.07, 6.45) is 3.27. The summed E-state index contributed by atoms with van der Waals surface area (Å²) in [5.74, 6) is 0.125. The molecule has 24 heavy (non-hydrogen) atoms. The van der Waals surface area contributed by atoms with E-state index in [1.54, 1.807) is 6.92 Å². The van der Waals surface area contributed by atoms with E-state index in [-0.39, 0.29) is 5.78 Å². The van der Waals surface area contributed by atoms with Gasteiger partial charge in [0.05, 0.1) is 0 Å². The molecule has 0 spiro atoms. The Morgan fingerprint density at radius 2 is 1.67 bits per heavy atom. The fourth-order valence-corrected chi connectivity index (χ4v) is 2.06. The molecule has 0 fully saturated rings. The molecule has 0 aromatic heterocycles. The Bertz CT molecular complexity index is 718. The third-order valence-electron chi connectivity index (χ3n) is 3.87. The van der Waals surface area contributed by atoms with Crippen molar-refractivity contribution in [2.75, 3.05) is 0 Å². The molecule has 1 heteroatoms. The molecular formula is C23H28O. The Kier molecular flexibility index (Phi) is 7.91. The first-order chi connectivity index (χ1) is 11.3. The molecular weight excluding hydrogens is 292 g/mol. The zero-order valence-electron chi connectivity index (χ0n) is 15.5. The zero-order chi connectivity index (χ0) is 18.1. The van der Waals surface area contributed by atoms with E-state index in [0.717, 1.165) is 17.6 Å². The topological polar surface area (TPSA) is 17.1 Å². The monoisotopic (exact) mass is 320 g/mol. The average Bonchev–Trinajstić information content (AvgIpc) is 2.56. The largest absolute Gasteiger partial charge is 0.295 e. The van der Waals surface area contributed by atoms with Crippen LogP contribution in [-0.2, 0) is 6.42 Å². The molecule has 0 bridgehead atoms. The molecule has 0 unspecified atom stereocenters. The average molecular weight is 320 g/mol. The van der Waals surface area contributed by atoms with Crippen LogP contribution >= 0.6 is 0 Å². The van der Waals surface area contributed by atoms with Crippen molar-refractivity contribution in [1.29, 1.82) is 0 Å². The van der Waals surface area contributed by atoms with Crippen LogP contribution in [0.5, 0.6) is 0 Å². The number of rotatable bonds is 4. The number of benzene rings is 2. The quantitative estimate of drug-likeness (QED) is 0.469. The number of ketones is 1. The first-order valence-electron chi connectivity index (χ1n) is 8.34. The first-order valence-corrected chi connectivity index (χ1v) is 8.34. The maximum Gasteiger partial charge on any atom is 0.159 e. The predicted molar refractivity (Wildman–Crippen MR) is 105 cm³/mol. The van der Waals surface area contributed by atoms with Gasteiger partial charge in [0.2, 0.25) is 0 Å². The molecule has 1 nitrogen and oxygen atoms in total. The third kappa shape index (κ3) is 6.78. The molecule has 0 aliphatic carbocycles. The molecule has 126 valence electrons. The van der Waals surface area contributed by atoms with E-state index >= 15 is 0 Å². The Morgan fingerprint density at radius 1 is 1.04 bits per heavy atom. The minimum absolute atomic E-state index is 0.125. The molecule has 0 atom stereocenters. The van der Waals surface area contributed by atoms with Crippen LogP contribution in [0, 0.1) is 6.92 Å². The van der Waals surface area contributed by atoms with Crippen molar-refractivity contribution in [3.05, 3.63) is 88.5 Å². The maximum atomic E-state index is 10.8. The van der Waals surface area contributed by atoms with Crippen LogP contribution in [0.15, 0.2) is 66.3 Å². The molecule has 0 aliphatic rings. The van der Waals surface area contributed by atoms with Gasteiger partial charge < -0.3 is 0 Å². The van der Waals surface area contributed by atoms with Crippen LogP contribution in [-0.4, -0.2) is 5.78 Å². The van der Waals surface area contributed by atoms with Gasteiger partial charge in [-0.3, -0.25) is 4.79 Å². The standard InChI is InChI=1S/C14H18.C9H10O/c1-5-13-7-6-8-14(10-13)9-12(4)11(2)3;1-7-3-5-9(6-4-7)8(2)10/h6-10H,2,5H2,1,3-4H3;3-6H,1-2H3/b12-9+;. The summed E-state index contributed by atoms with van der Waals surface area (Å²) in [4.78, 5) is 10.8. The van der Waals surface area contributed by atoms with Crippen molar-refractivity contribution in [3.8, 4) is 0 Å². The van der Waals surface area contributed by atoms with E-state index in [4.69, 9.17) is 0 Å². The third-order valence-corrected chi connectivity index (χ3v) is 3.87. The van der Waals surface area contributed by atoms with Crippen LogP contribution < -0.4 is 0 Å². The Morgan fingerprint density at radius 3 is 2.17 bits per heavy atom. The highest BCUT2D eigenvalue weighted by atomic mass is 16.1. The number of carbonyl (C=O) groups is 1. The van der Waals surface area contributed by atoms with E-state index in [9.17, 15) is 4.79 Å². The normalized spacial score (nSPS) is 10.6. The van der Waals surface area contributed by atoms with Crippen molar-refractivity contribution < 1.29 is 4.79 Å². The van der Waals surface area contributed by atoms with Crippen molar-refractivity contribution in [2.45, 2.75) is 41.0 Å². The van der Waals surface area contributed by atoms with Gasteiger partial charge in [0, 0.05) is 5.56 Å². The van der Waals surface area contributed by atoms with Crippen LogP contribution in [0.25, 0.3) is 6.08 Å². The van der Waals surface area contributed by atoms with Gasteiger partial charge in [-0.1, -0.05) is 79.2 Å². The molecule has 0 heterocycles. The van der Waals surface area contributed by atoms with Crippen molar-refractivity contribution >= 4 is 11.9 Å². The summed E-state index contributed by atoms with van der Waals surface area (Å²) >= 11 is 0. The van der Waals surface area contributed by atoms with Gasteiger partial charge in [-0.15, -0.1) is 0 Å². The number of aryl methyl sites for hydroxylation is 2. The van der Waals surface area contributed by atoms with Gasteiger partial charge in [-0.2, -0.15) is 0 Å². The predicted octanol–water partition coefficient (Wildman–Crippen LogP) is 6.43. The van der Waals surface area contributed by atoms with E-state index < -0.39 is 0 Å². The van der Waals surface area contributed by atoms with Gasteiger partial charge in [0.1, 0.15) is 0 Å². The Labute approximate surface area is 146 Å². The fourth-order valence-electron chi connectivity index (χ4n) is 2.06. The number of allylic oxidation sites excluding steroid dienone is 2. The van der Waals surface area contributed by atoms with E-state index in [1.165, 1.54) is 22.3 Å². The number of Topliss-reactive ketones (excluding diaryl/α,β-unsaturated/α-hetero) is 1. The summed E-state index contributed by atoms with van der Waals surface area (Å²) in [7, 11) is 0. The SMILES string of the molecule is C=C(C)/C(C)=C/c1cccc(CC)c1.CC(=O)c1ccc(C)cc1. The van der Waals surface area contributed by atoms with Crippen molar-refractivity contribution in [2.24, 2.45) is 0 Å². The van der Waals surface area contributed by atoms with E-state index in [2.05, 4.69) is 50.8 Å². The van der Waals surface area contributed by atoms with Crippen LogP contribution in [0.2, 0.25) is 0 Å². The number of hydrogen-bond donors (Lipinski definition) is 0. The Hall–Kier alpha value is -2.41. The molecule has 0 N–H and O–H groups in total. The second kappa shape index (κ2) is 9.67. The highest BCUT2D eigenvalue weighted by Crippen LogP contribution is 2.13. The first kappa shape index (κ1) is 19.6. The molecule has 0 amide bonds. The van der Waals surface area contributed by atoms with E-state index in [0.29, 0.717) is 0 Å². The smallest absolute Gasteiger partial charge is 0.159 e. The lowest BCUT2D eigenvalue weighted by atomic mass is 10.0. The lowest BCUT2D eigenvalue weighted by Gasteiger charge is -2.01. The fraction of sp³-hybridized carbons (Fsp3) is 0.261. The lowest BCUT2D eigenvalue weighted by Crippen LogP contribution is -1.90. The summed E-state index contributed by atoms with van der Waals surface area (Å²) in [6, 6.07) is 16.2. The highest BCUT2D eigenvalue weighted by molar-refractivity contribution is 5.93. The lowest BCUT2D eigenvalue weighted by molar-refractivity contribution is 0.101. The minimum atomic E-state index is 0.125. The van der Waals surface area contributed by atoms with Gasteiger partial charge in [-0.25, -0.2) is 0 Å². The van der Waals surface area contributed by atoms with Gasteiger partial charge in [-0.05, 0) is 50.8 Å². The minimum Gasteiger partial charge on any atom is -0.295 e. The van der Waals surface area contributed by atoms with Gasteiger partial charge >= 0.3 is 0 Å². The number of carbonyl (C=O) groups excluding carboxylic acids is 1. The Balaban J connectivity index is 0.000000254. The van der Waals surface area contributed by atoms with E-state index in [1.807, 2.05) is 38.1 Å². The molecule has 0 saturated heterocycles. The highest BCUT2D eigenvalue weighted by Gasteiger charge is 1.95. The molecule has 2 aromatic carbocycles. The molecule has 0 aliphatic heterocycles. The van der Waals surface area contributed by atoms with Gasteiger partial charge in [0.25, 0.3) is 0 Å². The molecule has 2 aromatic rings. The molecule has 2 rings (SSSR count). The van der Waals surface area contributed by atoms with Crippen LogP contribution in [0.4, 0.5) is 0 Å². The zero-order valence-corrected chi connectivity index (χ0v) is 15.5. The van der Waals surface area contributed by atoms with Crippen molar-refractivity contribution in [3.63, 3.8) is 0 Å².